The molecule has 2 aromatic carbocycles. The van der Waals surface area contributed by atoms with E-state index >= 15 is 0 Å². The number of carbonyl (C=O) groups excluding carboxylic acids is 2. The lowest BCUT2D eigenvalue weighted by Crippen LogP contribution is -2.41. The quantitative estimate of drug-likeness (QED) is 0.532. The number of nitrogens with zero attached hydrogens (tertiary/aromatic N) is 3. The van der Waals surface area contributed by atoms with E-state index in [0.717, 1.165) is 5.56 Å². The van der Waals surface area contributed by atoms with Crippen molar-refractivity contribution in [2.45, 2.75) is 39.0 Å². The summed E-state index contributed by atoms with van der Waals surface area (Å²) in [5.74, 6) is 0.842. The van der Waals surface area contributed by atoms with E-state index in [0.29, 0.717) is 41.5 Å². The molecule has 1 aliphatic heterocycles. The van der Waals surface area contributed by atoms with E-state index in [-0.39, 0.29) is 24.9 Å². The topological polar surface area (TPSA) is 100 Å². The summed E-state index contributed by atoms with van der Waals surface area (Å²) in [6.45, 7) is 4.43. The maximum absolute atomic E-state index is 14.0. The maximum atomic E-state index is 14.0. The average Bonchev–Trinajstić information content (AvgIpc) is 3.38. The zero-order valence-corrected chi connectivity index (χ0v) is 18.5. The van der Waals surface area contributed by atoms with Crippen LogP contribution in [0.4, 0.5) is 14.9 Å². The van der Waals surface area contributed by atoms with Crippen LogP contribution < -0.4 is 10.6 Å². The van der Waals surface area contributed by atoms with Crippen LogP contribution in [0.25, 0.3) is 0 Å². The van der Waals surface area contributed by atoms with E-state index < -0.39 is 12.2 Å². The van der Waals surface area contributed by atoms with E-state index in [2.05, 4.69) is 20.8 Å². The number of hydrogen-bond donors (Lipinski definition) is 2. The summed E-state index contributed by atoms with van der Waals surface area (Å²) in [5.41, 5.74) is 2.44. The molecule has 0 saturated carbocycles. The third kappa shape index (κ3) is 5.61. The first-order chi connectivity index (χ1) is 15.9. The molecule has 1 aromatic heterocycles. The number of hydrogen-bond acceptors (Lipinski definition) is 6. The van der Waals surface area contributed by atoms with Gasteiger partial charge in [-0.1, -0.05) is 41.6 Å². The lowest BCUT2D eigenvalue weighted by atomic mass is 9.98. The monoisotopic (exact) mass is 451 g/mol. The highest BCUT2D eigenvalue weighted by atomic mass is 19.1. The molecule has 0 unspecified atom stereocenters. The number of amides is 2. The molecule has 8 nitrogen and oxygen atoms in total. The Hall–Kier alpha value is -3.59. The predicted octanol–water partition coefficient (Wildman–Crippen LogP) is 3.65. The second-order valence-corrected chi connectivity index (χ2v) is 8.21. The smallest absolute Gasteiger partial charge is 0.319 e. The first kappa shape index (κ1) is 22.6. The molecular weight excluding hydrogens is 425 g/mol. The molecule has 2 N–H and O–H groups in total. The van der Waals surface area contributed by atoms with Crippen molar-refractivity contribution in [3.05, 3.63) is 76.9 Å². The Morgan fingerprint density at radius 2 is 1.97 bits per heavy atom. The number of benzene rings is 2. The predicted molar refractivity (Wildman–Crippen MR) is 121 cm³/mol. The van der Waals surface area contributed by atoms with E-state index in [1.165, 1.54) is 0 Å². The lowest BCUT2D eigenvalue weighted by molar-refractivity contribution is 0.103. The highest BCUT2D eigenvalue weighted by Gasteiger charge is 2.33. The van der Waals surface area contributed by atoms with Crippen molar-refractivity contribution in [1.82, 2.24) is 20.4 Å². The van der Waals surface area contributed by atoms with Crippen molar-refractivity contribution in [2.24, 2.45) is 0 Å². The highest BCUT2D eigenvalue weighted by molar-refractivity contribution is 6.10. The normalized spacial score (nSPS) is 18.3. The molecule has 0 aliphatic carbocycles. The van der Waals surface area contributed by atoms with Crippen LogP contribution in [-0.2, 0) is 6.54 Å². The summed E-state index contributed by atoms with van der Waals surface area (Å²) < 4.78 is 19.0. The number of anilines is 1. The average molecular weight is 452 g/mol. The lowest BCUT2D eigenvalue weighted by Gasteiger charge is -2.22. The molecule has 172 valence electrons. The molecule has 0 radical (unpaired) electrons. The van der Waals surface area contributed by atoms with Crippen LogP contribution in [0.5, 0.6) is 0 Å². The molecule has 9 heteroatoms. The second kappa shape index (κ2) is 9.91. The maximum Gasteiger partial charge on any atom is 0.319 e. The number of aryl methyl sites for hydroxylation is 2. The van der Waals surface area contributed by atoms with Crippen molar-refractivity contribution in [2.75, 3.05) is 18.4 Å². The molecule has 3 aromatic rings. The first-order valence-corrected chi connectivity index (χ1v) is 10.8. The molecule has 2 amide bonds. The van der Waals surface area contributed by atoms with E-state index in [9.17, 15) is 14.0 Å². The van der Waals surface area contributed by atoms with Crippen LogP contribution >= 0.6 is 0 Å². The second-order valence-electron chi connectivity index (χ2n) is 8.21. The number of alkyl halides is 1. The number of rotatable bonds is 7. The summed E-state index contributed by atoms with van der Waals surface area (Å²) >= 11 is 0. The van der Waals surface area contributed by atoms with Crippen molar-refractivity contribution < 1.29 is 18.5 Å². The molecule has 0 bridgehead atoms. The van der Waals surface area contributed by atoms with Crippen LogP contribution in [0.1, 0.15) is 39.6 Å². The van der Waals surface area contributed by atoms with Gasteiger partial charge in [-0.05, 0) is 31.0 Å². The van der Waals surface area contributed by atoms with Gasteiger partial charge in [-0.25, -0.2) is 9.18 Å². The molecule has 2 heterocycles. The number of carbonyl (C=O) groups is 2. The minimum atomic E-state index is -0.975. The standard InChI is InChI=1S/C24H26FN5O3/c1-15-8-9-19(11-21(15)23(31)17-6-4-3-5-7-17)28-24(32)26-12-20-10-18(25)13-30(20)14-22-27-16(2)33-29-22/h3-9,11,18,20H,10,12-14H2,1-2H3,(H2,26,28,32)/t18-,20-/m0/s1. The third-order valence-electron chi connectivity index (χ3n) is 5.67. The Labute approximate surface area is 191 Å². The number of likely N-dealkylation sites (tertiary alicyclic amines) is 1. The Bertz CT molecular complexity index is 1130. The summed E-state index contributed by atoms with van der Waals surface area (Å²) in [7, 11) is 0. The van der Waals surface area contributed by atoms with Crippen LogP contribution in [-0.4, -0.2) is 52.2 Å². The van der Waals surface area contributed by atoms with Gasteiger partial charge in [0.15, 0.2) is 11.6 Å². The molecule has 0 spiro atoms. The summed E-state index contributed by atoms with van der Waals surface area (Å²) in [4.78, 5) is 31.4. The number of nitrogens with one attached hydrogen (secondary N) is 2. The molecule has 33 heavy (non-hydrogen) atoms. The van der Waals surface area contributed by atoms with Crippen LogP contribution in [0, 0.1) is 13.8 Å². The van der Waals surface area contributed by atoms with Crippen molar-refractivity contribution in [1.29, 1.82) is 0 Å². The van der Waals surface area contributed by atoms with Gasteiger partial charge < -0.3 is 15.2 Å². The third-order valence-corrected chi connectivity index (χ3v) is 5.67. The summed E-state index contributed by atoms with van der Waals surface area (Å²) in [6, 6.07) is 13.6. The summed E-state index contributed by atoms with van der Waals surface area (Å²) in [5, 5.41) is 9.43. The highest BCUT2D eigenvalue weighted by Crippen LogP contribution is 2.22. The fraction of sp³-hybridized carbons (Fsp3) is 0.333. The fourth-order valence-corrected chi connectivity index (χ4v) is 3.99. The SMILES string of the molecule is Cc1nc(CN2C[C@@H](F)C[C@H]2CNC(=O)Nc2ccc(C)c(C(=O)c3ccccc3)c2)no1. The molecule has 2 atom stereocenters. The number of halogens is 1. The Morgan fingerprint density at radius 1 is 1.18 bits per heavy atom. The first-order valence-electron chi connectivity index (χ1n) is 10.8. The zero-order chi connectivity index (χ0) is 23.4. The van der Waals surface area contributed by atoms with Gasteiger partial charge in [0.2, 0.25) is 5.89 Å². The number of ketones is 1. The number of aromatic nitrogens is 2. The molecule has 1 aliphatic rings. The van der Waals surface area contributed by atoms with Crippen LogP contribution in [0.2, 0.25) is 0 Å². The van der Waals surface area contributed by atoms with Crippen LogP contribution in [0.3, 0.4) is 0 Å². The largest absolute Gasteiger partial charge is 0.340 e. The summed E-state index contributed by atoms with van der Waals surface area (Å²) in [6.07, 6.45) is -0.659. The number of urea groups is 1. The molecular formula is C24H26FN5O3. The Kier molecular flexibility index (Phi) is 6.79. The van der Waals surface area contributed by atoms with E-state index in [4.69, 9.17) is 4.52 Å². The van der Waals surface area contributed by atoms with Gasteiger partial charge in [-0.15, -0.1) is 0 Å². The van der Waals surface area contributed by atoms with Gasteiger partial charge in [-0.3, -0.25) is 9.69 Å². The minimum Gasteiger partial charge on any atom is -0.340 e. The molecule has 1 saturated heterocycles. The van der Waals surface area contributed by atoms with Crippen molar-refractivity contribution >= 4 is 17.5 Å². The van der Waals surface area contributed by atoms with Gasteiger partial charge in [0.1, 0.15) is 6.17 Å². The van der Waals surface area contributed by atoms with Crippen LogP contribution in [0.15, 0.2) is 53.1 Å². The minimum absolute atomic E-state index is 0.107. The Balaban J connectivity index is 1.36. The fourth-order valence-electron chi connectivity index (χ4n) is 3.99. The van der Waals surface area contributed by atoms with Crippen molar-refractivity contribution in [3.8, 4) is 0 Å². The van der Waals surface area contributed by atoms with Gasteiger partial charge in [0.25, 0.3) is 0 Å². The van der Waals surface area contributed by atoms with Crippen molar-refractivity contribution in [3.63, 3.8) is 0 Å². The van der Waals surface area contributed by atoms with Gasteiger partial charge in [0, 0.05) is 42.9 Å². The van der Waals surface area contributed by atoms with E-state index in [1.54, 1.807) is 37.3 Å². The Morgan fingerprint density at radius 3 is 2.70 bits per heavy atom. The van der Waals surface area contributed by atoms with Gasteiger partial charge >= 0.3 is 6.03 Å². The molecule has 4 rings (SSSR count). The van der Waals surface area contributed by atoms with Gasteiger partial charge in [-0.2, -0.15) is 4.98 Å². The molecule has 1 fully saturated rings. The zero-order valence-electron chi connectivity index (χ0n) is 18.5. The van der Waals surface area contributed by atoms with E-state index in [1.807, 2.05) is 30.0 Å². The van der Waals surface area contributed by atoms with Gasteiger partial charge in [0.05, 0.1) is 6.54 Å².